The number of esters is 1. The van der Waals surface area contributed by atoms with Gasteiger partial charge in [0.2, 0.25) is 0 Å². The Kier molecular flexibility index (Phi) is 38.2. The van der Waals surface area contributed by atoms with Crippen LogP contribution < -0.4 is 52.6 Å². The van der Waals surface area contributed by atoms with E-state index in [-0.39, 0.29) is 46.8 Å². The molecular weight excluding hydrogens is 1940 g/mol. The molecule has 752 valence electrons. The Hall–Kier alpha value is -18.4. The fraction of sp³-hybridized carbons (Fsp3) is 0.0973. The quantitative estimate of drug-likeness (QED) is 0.0122. The maximum Gasteiger partial charge on any atom is 0.310 e. The summed E-state index contributed by atoms with van der Waals surface area (Å²) >= 11 is 11.7. The van der Waals surface area contributed by atoms with Gasteiger partial charge in [-0.05, 0) is 256 Å². The number of rotatable bonds is 23. The van der Waals surface area contributed by atoms with E-state index in [1.54, 1.807) is 221 Å². The van der Waals surface area contributed by atoms with Crippen LogP contribution in [0.25, 0.3) is 76.3 Å². The van der Waals surface area contributed by atoms with Crippen LogP contribution in [0.1, 0.15) is 137 Å². The summed E-state index contributed by atoms with van der Waals surface area (Å²) in [6.45, 7) is 5.44. The minimum Gasteiger partial charge on any atom is -0.497 e. The van der Waals surface area contributed by atoms with Gasteiger partial charge in [0.1, 0.15) is 34.3 Å². The van der Waals surface area contributed by atoms with Crippen LogP contribution in [0.15, 0.2) is 353 Å². The third kappa shape index (κ3) is 31.6. The fourth-order valence-corrected chi connectivity index (χ4v) is 15.1. The highest BCUT2D eigenvalue weighted by Gasteiger charge is 2.20. The number of hydrogen-bond donors (Lipinski definition) is 14. The van der Waals surface area contributed by atoms with E-state index in [0.29, 0.717) is 83.0 Å². The molecule has 7 amide bonds. The van der Waals surface area contributed by atoms with E-state index < -0.39 is 47.0 Å². The number of ether oxygens (including phenoxy) is 4. The van der Waals surface area contributed by atoms with Gasteiger partial charge in [-0.2, -0.15) is 0 Å². The number of Topliss-reactive ketones (excluding diaryl/α,β-unsaturated/α-hetero) is 1. The van der Waals surface area contributed by atoms with Crippen LogP contribution in [0.4, 0.5) is 0 Å². The highest BCUT2D eigenvalue weighted by atomic mass is 35.5. The van der Waals surface area contributed by atoms with Gasteiger partial charge >= 0.3 is 5.97 Å². The van der Waals surface area contributed by atoms with Gasteiger partial charge in [0.15, 0.2) is 5.78 Å². The van der Waals surface area contributed by atoms with Gasteiger partial charge in [-0.15, -0.1) is 0 Å². The minimum atomic E-state index is -0.632. The minimum absolute atomic E-state index is 0.0298. The lowest BCUT2D eigenvalue weighted by Crippen LogP contribution is -2.24. The number of aromatic nitrogens is 7. The molecule has 0 atom stereocenters. The number of methoxy groups -OCH3 is 1. The van der Waals surface area contributed by atoms with Gasteiger partial charge in [-0.1, -0.05) is 145 Å². The first-order valence-corrected chi connectivity index (χ1v) is 46.4. The maximum absolute atomic E-state index is 12.3. The first kappa shape index (κ1) is 108. The Morgan fingerprint density at radius 1 is 0.255 bits per heavy atom. The van der Waals surface area contributed by atoms with Crippen molar-refractivity contribution in [1.82, 2.24) is 73.2 Å². The van der Waals surface area contributed by atoms with E-state index >= 15 is 0 Å². The number of hydroxylamine groups is 7. The van der Waals surface area contributed by atoms with Crippen molar-refractivity contribution in [1.29, 1.82) is 0 Å². The van der Waals surface area contributed by atoms with Crippen molar-refractivity contribution in [2.45, 2.75) is 64.9 Å². The number of amides is 7. The molecule has 0 saturated heterocycles. The number of pyridine rings is 7. The van der Waals surface area contributed by atoms with Gasteiger partial charge in [0, 0.05) is 115 Å². The number of nitrogens with one attached hydrogen (secondary N) is 7. The van der Waals surface area contributed by atoms with Crippen molar-refractivity contribution in [3.05, 3.63) is 441 Å². The highest BCUT2D eigenvalue weighted by molar-refractivity contribution is 6.31. The number of benzene rings is 12. The number of ketones is 1. The Bertz CT molecular complexity index is 7910. The summed E-state index contributed by atoms with van der Waals surface area (Å²) in [4.78, 5) is 133. The van der Waals surface area contributed by atoms with E-state index in [1.165, 1.54) is 65.6 Å². The maximum atomic E-state index is 12.3. The van der Waals surface area contributed by atoms with Crippen molar-refractivity contribution in [3.63, 3.8) is 0 Å². The number of fused-ring (bicyclic) bond motifs is 7. The summed E-state index contributed by atoms with van der Waals surface area (Å²) in [6.07, 6.45) is 14.1. The van der Waals surface area contributed by atoms with Gasteiger partial charge < -0.3 is 18.9 Å². The van der Waals surface area contributed by atoms with Crippen LogP contribution >= 0.6 is 23.2 Å². The van der Waals surface area contributed by atoms with Gasteiger partial charge in [-0.3, -0.25) is 114 Å². The third-order valence-corrected chi connectivity index (χ3v) is 22.6. The lowest BCUT2D eigenvalue weighted by molar-refractivity contribution is -0.153. The molecule has 0 aliphatic carbocycles. The van der Waals surface area contributed by atoms with Crippen LogP contribution in [-0.4, -0.2) is 137 Å². The molecule has 0 aliphatic heterocycles. The lowest BCUT2D eigenvalue weighted by atomic mass is 10.0. The summed E-state index contributed by atoms with van der Waals surface area (Å²) < 4.78 is 21.8. The molecule has 0 radical (unpaired) electrons. The number of carbonyl (C=O) groups excluding carboxylic acids is 9. The second kappa shape index (κ2) is 52.8. The average molecular weight is 2040 g/mol. The van der Waals surface area contributed by atoms with Crippen molar-refractivity contribution in [2.24, 2.45) is 0 Å². The summed E-state index contributed by atoms with van der Waals surface area (Å²) in [5.74, 6) is -1.21. The molecule has 7 aromatic heterocycles. The van der Waals surface area contributed by atoms with E-state index in [4.69, 9.17) is 78.6 Å². The van der Waals surface area contributed by atoms with Crippen molar-refractivity contribution in [3.8, 4) is 28.7 Å². The Morgan fingerprint density at radius 3 is 0.906 bits per heavy atom. The molecule has 149 heavy (non-hydrogen) atoms. The molecular formula is C113H96Cl2N14O20. The fourth-order valence-electron chi connectivity index (χ4n) is 14.8. The van der Waals surface area contributed by atoms with Crippen molar-refractivity contribution in [2.75, 3.05) is 7.11 Å². The van der Waals surface area contributed by atoms with E-state index in [1.807, 2.05) is 118 Å². The molecule has 19 rings (SSSR count). The molecule has 36 heteroatoms. The number of nitrogens with zero attached hydrogens (tertiary/aromatic N) is 7. The average Bonchev–Trinajstić information content (AvgIpc) is 0.838. The third-order valence-electron chi connectivity index (χ3n) is 22.1. The zero-order chi connectivity index (χ0) is 106. The summed E-state index contributed by atoms with van der Waals surface area (Å²) in [5.41, 5.74) is 25.1. The molecule has 0 saturated carbocycles. The molecule has 19 aromatic rings. The monoisotopic (exact) mass is 2040 g/mol. The number of hydrogen-bond acceptors (Lipinski definition) is 27. The molecule has 0 fully saturated rings. The van der Waals surface area contributed by atoms with E-state index in [0.717, 1.165) is 91.2 Å². The molecule has 0 bridgehead atoms. The SMILES string of the molecule is CC(C)(C)OC(=O)Cc1ccc2ncc(C(=O)NO)cc2c1.COc1ccc2ncc(C(=O)NO)cc2c1.O=C(Cc1ccc2ncc(C(=O)NO)cc2c1)c1ccccc1.O=C(NO)c1cnc2cc(Oc3ccc(Cl)cc3)ccc2c1.O=C(NO)c1cnc2cc(Oc3cccc(Cl)c3)ccc2c1.O=C(NO)c1cnc2ccc(CCc3ccccc3)cc2c1.O=C(NO)c1cnc2ccc(CCc3ccccc3)cc2c1. The largest absolute Gasteiger partial charge is 0.497 e. The smallest absolute Gasteiger partial charge is 0.310 e. The molecule has 14 N–H and O–H groups in total. The second-order valence-corrected chi connectivity index (χ2v) is 34.7. The first-order chi connectivity index (χ1) is 72.0. The standard InChI is InChI=1S/C18H14N2O3.2C18H16N2O2.2C16H11ClN2O3.C16H18N2O4.C11H10N2O3/c21-17(13-4-2-1-3-5-13)9-12-6-7-16-14(8-12)10-15(11-19-16)18(22)20-23;2*21-18(20-22)16-11-15-10-14(8-9-17(15)19-12-16)7-6-13-4-2-1-3-5-13;17-12-2-5-13(6-3-12)22-14-4-1-10-7-11(16(20)19-21)9-18-15(10)8-14;17-12-2-1-3-13(7-12)22-14-5-4-10-6-11(16(20)19-21)9-18-15(10)8-14;1-16(2,3)22-14(19)7-10-4-5-13-11(6-10)8-12(9-17-13)15(20)18-21;1-16-9-2-3-10-7(5-9)4-8(6-12-10)11(14)13-15/h1-8,10-11,23H,9H2,(H,20,22);2*1-5,8-12,22H,6-7H2,(H,20,21);2*1-9,21H,(H,19,20);4-6,8-9,21H,7H2,1-3H3,(H,18,20);2-6,15H,1H3,(H,13,14). The molecule has 0 unspecified atom stereocenters. The highest BCUT2D eigenvalue weighted by Crippen LogP contribution is 2.32. The molecule has 7 heterocycles. The van der Waals surface area contributed by atoms with E-state index in [9.17, 15) is 43.2 Å². The van der Waals surface area contributed by atoms with Crippen LogP contribution in [0.5, 0.6) is 28.7 Å². The molecule has 12 aromatic carbocycles. The van der Waals surface area contributed by atoms with Crippen molar-refractivity contribution >= 4 is 153 Å². The predicted octanol–water partition coefficient (Wildman–Crippen LogP) is 20.3. The topological polar surface area (TPSA) is 507 Å². The summed E-state index contributed by atoms with van der Waals surface area (Å²) in [7, 11) is 1.57. The predicted molar refractivity (Wildman–Crippen MR) is 558 cm³/mol. The molecule has 0 spiro atoms. The Labute approximate surface area is 860 Å². The zero-order valence-corrected chi connectivity index (χ0v) is 81.6. The summed E-state index contributed by atoms with van der Waals surface area (Å²) in [6, 6.07) is 94.5. The molecule has 0 aliphatic rings. The normalized spacial score (nSPS) is 10.6. The van der Waals surface area contributed by atoms with Crippen LogP contribution in [0.2, 0.25) is 10.0 Å². The summed E-state index contributed by atoms with van der Waals surface area (Å²) in [5, 5.41) is 67.3. The number of carbonyl (C=O) groups is 9. The molecule has 34 nitrogen and oxygen atoms in total. The van der Waals surface area contributed by atoms with Crippen LogP contribution in [0.3, 0.4) is 0 Å². The first-order valence-electron chi connectivity index (χ1n) is 45.7. The van der Waals surface area contributed by atoms with Gasteiger partial charge in [-0.25, -0.2) is 38.4 Å². The van der Waals surface area contributed by atoms with Gasteiger partial charge in [0.05, 0.1) is 91.1 Å². The van der Waals surface area contributed by atoms with Gasteiger partial charge in [0.25, 0.3) is 41.4 Å². The van der Waals surface area contributed by atoms with E-state index in [2.05, 4.69) is 71.3 Å². The Balaban J connectivity index is 0.000000145. The Morgan fingerprint density at radius 2 is 0.550 bits per heavy atom. The van der Waals surface area contributed by atoms with Crippen LogP contribution in [-0.2, 0) is 48.1 Å². The number of halogens is 2. The lowest BCUT2D eigenvalue weighted by Gasteiger charge is -2.19. The zero-order valence-electron chi connectivity index (χ0n) is 80.1. The number of aryl methyl sites for hydroxylation is 4. The second-order valence-electron chi connectivity index (χ2n) is 33.8. The van der Waals surface area contributed by atoms with Crippen molar-refractivity contribution < 1.29 is 98.5 Å². The van der Waals surface area contributed by atoms with Crippen LogP contribution in [0, 0.1) is 0 Å².